The van der Waals surface area contributed by atoms with E-state index in [1.807, 2.05) is 0 Å². The Labute approximate surface area is 175 Å². The zero-order valence-corrected chi connectivity index (χ0v) is 17.6. The molecule has 14 heteroatoms. The Morgan fingerprint density at radius 3 is 2.77 bits per heavy atom. The van der Waals surface area contributed by atoms with E-state index in [-0.39, 0.29) is 34.6 Å². The van der Waals surface area contributed by atoms with Crippen molar-refractivity contribution in [3.63, 3.8) is 0 Å². The van der Waals surface area contributed by atoms with Crippen LogP contribution in [0.5, 0.6) is 5.75 Å². The fourth-order valence-electron chi connectivity index (χ4n) is 2.98. The second-order valence-electron chi connectivity index (χ2n) is 6.72. The highest BCUT2D eigenvalue weighted by Crippen LogP contribution is 2.47. The van der Waals surface area contributed by atoms with E-state index in [4.69, 9.17) is 4.42 Å². The first-order valence-corrected chi connectivity index (χ1v) is 12.2. The van der Waals surface area contributed by atoms with Gasteiger partial charge in [-0.3, -0.25) is 14.1 Å². The maximum atomic E-state index is 12.9. The van der Waals surface area contributed by atoms with Crippen molar-refractivity contribution in [2.24, 2.45) is 4.76 Å². The van der Waals surface area contributed by atoms with Crippen molar-refractivity contribution in [3.8, 4) is 5.75 Å². The van der Waals surface area contributed by atoms with Gasteiger partial charge in [0.2, 0.25) is 10.0 Å². The van der Waals surface area contributed by atoms with Crippen molar-refractivity contribution in [2.45, 2.75) is 6.54 Å². The van der Waals surface area contributed by atoms with Crippen molar-refractivity contribution >= 4 is 40.1 Å². The predicted molar refractivity (Wildman–Crippen MR) is 112 cm³/mol. The van der Waals surface area contributed by atoms with Gasteiger partial charge in [-0.25, -0.2) is 13.1 Å². The summed E-state index contributed by atoms with van der Waals surface area (Å²) in [6.07, 6.45) is 4.83. The zero-order chi connectivity index (χ0) is 22.4. The Hall–Kier alpha value is -3.41. The van der Waals surface area contributed by atoms with Gasteiger partial charge >= 0.3 is 7.52 Å². The van der Waals surface area contributed by atoms with E-state index in [0.717, 1.165) is 17.1 Å². The molecule has 0 radical (unpaired) electrons. The maximum Gasteiger partial charge on any atom is 0.346 e. The SMILES string of the molecule is CS(=O)(=O)Nc1ccc2c(c1)P(=O)(O)N=C(c1c(O)cnn(Cc3ccoc3)c1=O)N2. The minimum Gasteiger partial charge on any atom is -0.505 e. The van der Waals surface area contributed by atoms with Gasteiger partial charge in [-0.2, -0.15) is 9.86 Å². The van der Waals surface area contributed by atoms with Gasteiger partial charge in [0.05, 0.1) is 42.5 Å². The molecular formula is C17H16N5O7PS. The number of hydrogen-bond donors (Lipinski definition) is 4. The lowest BCUT2D eigenvalue weighted by atomic mass is 10.2. The predicted octanol–water partition coefficient (Wildman–Crippen LogP) is 0.645. The molecule has 0 bridgehead atoms. The largest absolute Gasteiger partial charge is 0.505 e. The van der Waals surface area contributed by atoms with Crippen LogP contribution in [0, 0.1) is 0 Å². The van der Waals surface area contributed by atoms with Crippen molar-refractivity contribution in [1.82, 2.24) is 9.78 Å². The van der Waals surface area contributed by atoms with Gasteiger partial charge in [-0.1, -0.05) is 0 Å². The first kappa shape index (κ1) is 20.8. The Morgan fingerprint density at radius 2 is 2.10 bits per heavy atom. The monoisotopic (exact) mass is 465 g/mol. The summed E-state index contributed by atoms with van der Waals surface area (Å²) in [5, 5.41) is 16.7. The molecule has 0 saturated carbocycles. The van der Waals surface area contributed by atoms with Crippen LogP contribution in [-0.4, -0.2) is 40.3 Å². The molecule has 0 saturated heterocycles. The van der Waals surface area contributed by atoms with E-state index < -0.39 is 28.9 Å². The lowest BCUT2D eigenvalue weighted by Gasteiger charge is -2.23. The number of aromatic hydroxyl groups is 1. The molecule has 0 aliphatic carbocycles. The summed E-state index contributed by atoms with van der Waals surface area (Å²) in [6.45, 7) is 0.0454. The fraction of sp³-hybridized carbons (Fsp3) is 0.118. The van der Waals surface area contributed by atoms with Crippen LogP contribution in [0.4, 0.5) is 11.4 Å². The highest BCUT2D eigenvalue weighted by molar-refractivity contribution is 7.92. The summed E-state index contributed by atoms with van der Waals surface area (Å²) in [5.74, 6) is -0.841. The number of aromatic nitrogens is 2. The summed E-state index contributed by atoms with van der Waals surface area (Å²) in [7, 11) is -8.01. The Morgan fingerprint density at radius 1 is 1.32 bits per heavy atom. The molecule has 1 aromatic carbocycles. The quantitative estimate of drug-likeness (QED) is 0.394. The third-order valence-electron chi connectivity index (χ3n) is 4.28. The van der Waals surface area contributed by atoms with Gasteiger partial charge in [0.15, 0.2) is 11.6 Å². The number of sulfonamides is 1. The Balaban J connectivity index is 1.76. The van der Waals surface area contributed by atoms with Crippen molar-refractivity contribution in [1.29, 1.82) is 0 Å². The minimum absolute atomic E-state index is 0.0454. The molecule has 0 spiro atoms. The summed E-state index contributed by atoms with van der Waals surface area (Å²) in [6, 6.07) is 5.55. The van der Waals surface area contributed by atoms with E-state index in [9.17, 15) is 27.8 Å². The van der Waals surface area contributed by atoms with Gasteiger partial charge in [0.25, 0.3) is 5.56 Å². The van der Waals surface area contributed by atoms with Gasteiger partial charge in [0, 0.05) is 11.3 Å². The second kappa shape index (κ2) is 7.38. The molecule has 12 nitrogen and oxygen atoms in total. The minimum atomic E-state index is -4.41. The van der Waals surface area contributed by atoms with Crippen LogP contribution in [0.1, 0.15) is 11.1 Å². The number of anilines is 2. The summed E-state index contributed by atoms with van der Waals surface area (Å²) < 4.78 is 47.7. The van der Waals surface area contributed by atoms with E-state index >= 15 is 0 Å². The molecule has 4 N–H and O–H groups in total. The molecule has 3 aromatic rings. The number of fused-ring (bicyclic) bond motifs is 1. The van der Waals surface area contributed by atoms with Gasteiger partial charge in [-0.15, -0.1) is 0 Å². The molecule has 4 rings (SSSR count). The molecule has 1 aliphatic rings. The topological polar surface area (TPSA) is 176 Å². The molecule has 0 amide bonds. The second-order valence-corrected chi connectivity index (χ2v) is 10.2. The van der Waals surface area contributed by atoms with Crippen LogP contribution in [0.15, 0.2) is 57.0 Å². The first-order chi connectivity index (χ1) is 14.5. The third-order valence-corrected chi connectivity index (χ3v) is 6.35. The smallest absolute Gasteiger partial charge is 0.346 e. The van der Waals surface area contributed by atoms with Crippen LogP contribution in [0.25, 0.3) is 0 Å². The average Bonchev–Trinajstić information content (AvgIpc) is 3.16. The number of nitrogens with zero attached hydrogens (tertiary/aromatic N) is 3. The molecule has 1 unspecified atom stereocenters. The maximum absolute atomic E-state index is 12.9. The first-order valence-electron chi connectivity index (χ1n) is 8.66. The van der Waals surface area contributed by atoms with E-state index in [1.54, 1.807) is 6.07 Å². The lowest BCUT2D eigenvalue weighted by molar-refractivity contribution is 0.460. The number of hydrogen-bond acceptors (Lipinski definition) is 8. The third kappa shape index (κ3) is 4.24. The zero-order valence-electron chi connectivity index (χ0n) is 15.9. The molecule has 1 atom stereocenters. The number of benzene rings is 1. The molecule has 0 fully saturated rings. The molecule has 2 aromatic heterocycles. The standard InChI is InChI=1S/C17H16N5O7PS/c1-31(27,28)21-11-2-3-12-14(6-11)30(25,26)20-16(19-12)15-13(23)7-18-22(17(15)24)8-10-4-5-29-9-10/h2-7,9,21,23H,8H2,1H3,(H2,19,20,25,26). The van der Waals surface area contributed by atoms with Crippen LogP contribution in [-0.2, 0) is 21.1 Å². The van der Waals surface area contributed by atoms with Crippen LogP contribution in [0.2, 0.25) is 0 Å². The number of rotatable bonds is 5. The van der Waals surface area contributed by atoms with Crippen LogP contribution >= 0.6 is 7.52 Å². The highest BCUT2D eigenvalue weighted by atomic mass is 32.2. The summed E-state index contributed by atoms with van der Waals surface area (Å²) >= 11 is 0. The van der Waals surface area contributed by atoms with Gasteiger partial charge < -0.3 is 19.7 Å². The van der Waals surface area contributed by atoms with Crippen LogP contribution in [0.3, 0.4) is 0 Å². The van der Waals surface area contributed by atoms with Crippen LogP contribution < -0.4 is 20.9 Å². The van der Waals surface area contributed by atoms with Crippen molar-refractivity contribution < 1.29 is 27.4 Å². The highest BCUT2D eigenvalue weighted by Gasteiger charge is 2.33. The van der Waals surface area contributed by atoms with Gasteiger partial charge in [-0.05, 0) is 24.3 Å². The average molecular weight is 465 g/mol. The summed E-state index contributed by atoms with van der Waals surface area (Å²) in [4.78, 5) is 23.4. The lowest BCUT2D eigenvalue weighted by Crippen LogP contribution is -2.34. The Kier molecular flexibility index (Phi) is 4.96. The summed E-state index contributed by atoms with van der Waals surface area (Å²) in [5.41, 5.74) is -0.228. The van der Waals surface area contributed by atoms with Gasteiger partial charge in [0.1, 0.15) is 5.56 Å². The van der Waals surface area contributed by atoms with E-state index in [1.165, 1.54) is 30.7 Å². The fourth-order valence-corrected chi connectivity index (χ4v) is 4.82. The van der Waals surface area contributed by atoms with Crippen molar-refractivity contribution in [2.75, 3.05) is 16.3 Å². The molecule has 162 valence electrons. The number of nitrogens with one attached hydrogen (secondary N) is 2. The molecule has 1 aliphatic heterocycles. The van der Waals surface area contributed by atoms with E-state index in [0.29, 0.717) is 5.56 Å². The molecule has 3 heterocycles. The van der Waals surface area contributed by atoms with Crippen molar-refractivity contribution in [3.05, 3.63) is 64.5 Å². The Bertz CT molecular complexity index is 1410. The molecule has 31 heavy (non-hydrogen) atoms. The number of amidine groups is 1. The molecular weight excluding hydrogens is 449 g/mol. The van der Waals surface area contributed by atoms with E-state index in [2.05, 4.69) is 19.9 Å². The number of furan rings is 1. The normalized spacial score (nSPS) is 18.1.